The van der Waals surface area contributed by atoms with Crippen LogP contribution in [0.25, 0.3) is 0 Å². The maximum atomic E-state index is 9.68. The first-order chi connectivity index (χ1) is 7.11. The van der Waals surface area contributed by atoms with Gasteiger partial charge in [0.05, 0.1) is 6.10 Å². The predicted octanol–water partition coefficient (Wildman–Crippen LogP) is -1.82. The third kappa shape index (κ3) is 3.11. The van der Waals surface area contributed by atoms with Gasteiger partial charge in [-0.05, 0) is 0 Å². The summed E-state index contributed by atoms with van der Waals surface area (Å²) in [5, 5.41) is 27.7. The van der Waals surface area contributed by atoms with Crippen LogP contribution in [0.2, 0.25) is 0 Å². The third-order valence-electron chi connectivity index (χ3n) is 2.36. The van der Waals surface area contributed by atoms with Crippen molar-refractivity contribution in [3.63, 3.8) is 0 Å². The summed E-state index contributed by atoms with van der Waals surface area (Å²) in [6, 6.07) is 0. The lowest BCUT2D eigenvalue weighted by atomic mass is 10.1. The summed E-state index contributed by atoms with van der Waals surface area (Å²) >= 11 is 0. The largest absolute Gasteiger partial charge is 0.440 e. The molecule has 0 aliphatic carbocycles. The van der Waals surface area contributed by atoms with Crippen LogP contribution in [0.1, 0.15) is 6.92 Å². The van der Waals surface area contributed by atoms with Crippen LogP contribution in [-0.4, -0.2) is 60.2 Å². The first kappa shape index (κ1) is 13.3. The Hall–Kier alpha value is 0.255. The fourth-order valence-corrected chi connectivity index (χ4v) is 2.31. The minimum Gasteiger partial charge on any atom is -0.440 e. The van der Waals surface area contributed by atoms with Gasteiger partial charge in [-0.15, -0.1) is 0 Å². The Kier molecular flexibility index (Phi) is 5.42. The molecule has 0 aromatic carbocycles. The molecule has 4 N–H and O–H groups in total. The Balaban J connectivity index is 2.48. The maximum Gasteiger partial charge on any atom is 0.396 e. The molecule has 2 unspecified atom stereocenters. The summed E-state index contributed by atoms with van der Waals surface area (Å²) in [6.07, 6.45) is -3.26. The second-order valence-corrected chi connectivity index (χ2v) is 4.88. The zero-order valence-corrected chi connectivity index (χ0v) is 9.62. The van der Waals surface area contributed by atoms with Crippen molar-refractivity contribution in [2.75, 3.05) is 7.11 Å². The number of hydrogen-bond acceptors (Lipinski definition) is 6. The van der Waals surface area contributed by atoms with Crippen molar-refractivity contribution in [2.45, 2.75) is 37.2 Å². The number of aliphatic hydroxyl groups excluding tert-OH is 2. The summed E-state index contributed by atoms with van der Waals surface area (Å²) in [7, 11) is 2.46. The van der Waals surface area contributed by atoms with E-state index in [9.17, 15) is 10.2 Å². The number of hydrogen-bond donors (Lipinski definition) is 4. The van der Waals surface area contributed by atoms with E-state index in [0.29, 0.717) is 0 Å². The van der Waals surface area contributed by atoms with Crippen molar-refractivity contribution in [2.24, 2.45) is 0 Å². The van der Waals surface area contributed by atoms with Gasteiger partial charge in [-0.2, -0.15) is 0 Å². The first-order valence-electron chi connectivity index (χ1n) is 4.63. The summed E-state index contributed by atoms with van der Waals surface area (Å²) in [5.74, 6) is 0. The molecule has 1 saturated heterocycles. The van der Waals surface area contributed by atoms with E-state index in [4.69, 9.17) is 14.5 Å². The SMILES string of the molecule is COC1O[C@H]([C@@H](C)PN[B]O)[C@@H](O)[C@H]1O. The van der Waals surface area contributed by atoms with Gasteiger partial charge in [-0.25, -0.2) is 0 Å². The lowest BCUT2D eigenvalue weighted by molar-refractivity contribution is -0.148. The van der Waals surface area contributed by atoms with E-state index in [1.165, 1.54) is 7.11 Å². The van der Waals surface area contributed by atoms with Crippen LogP contribution in [0.3, 0.4) is 0 Å². The van der Waals surface area contributed by atoms with E-state index in [1.54, 1.807) is 0 Å². The highest BCUT2D eigenvalue weighted by molar-refractivity contribution is 7.38. The Morgan fingerprint density at radius 1 is 1.47 bits per heavy atom. The van der Waals surface area contributed by atoms with E-state index >= 15 is 0 Å². The zero-order chi connectivity index (χ0) is 11.4. The van der Waals surface area contributed by atoms with Crippen LogP contribution in [-0.2, 0) is 9.47 Å². The molecule has 1 radical (unpaired) electrons. The van der Waals surface area contributed by atoms with Gasteiger partial charge >= 0.3 is 7.62 Å². The van der Waals surface area contributed by atoms with Gasteiger partial charge in [0.15, 0.2) is 6.29 Å². The molecule has 1 aliphatic heterocycles. The number of rotatable bonds is 5. The van der Waals surface area contributed by atoms with Gasteiger partial charge in [0, 0.05) is 12.8 Å². The fourth-order valence-electron chi connectivity index (χ4n) is 1.53. The van der Waals surface area contributed by atoms with Crippen molar-refractivity contribution in [1.29, 1.82) is 0 Å². The molecule has 15 heavy (non-hydrogen) atoms. The van der Waals surface area contributed by atoms with Gasteiger partial charge in [0.25, 0.3) is 0 Å². The highest BCUT2D eigenvalue weighted by Gasteiger charge is 2.45. The molecule has 1 fully saturated rings. The van der Waals surface area contributed by atoms with Crippen LogP contribution in [0.15, 0.2) is 0 Å². The summed E-state index contributed by atoms with van der Waals surface area (Å²) in [4.78, 5) is 2.64. The molecular formula is C7H16BNO5P. The molecular weight excluding hydrogens is 220 g/mol. The maximum absolute atomic E-state index is 9.68. The molecule has 0 aromatic rings. The number of methoxy groups -OCH3 is 1. The van der Waals surface area contributed by atoms with Crippen molar-refractivity contribution in [1.82, 2.24) is 5.00 Å². The van der Waals surface area contributed by atoms with Crippen LogP contribution in [0.5, 0.6) is 0 Å². The molecule has 8 heteroatoms. The average molecular weight is 236 g/mol. The number of aliphatic hydroxyl groups is 2. The van der Waals surface area contributed by atoms with Crippen LogP contribution in [0.4, 0.5) is 0 Å². The monoisotopic (exact) mass is 236 g/mol. The molecule has 1 aliphatic rings. The summed E-state index contributed by atoms with van der Waals surface area (Å²) in [5.41, 5.74) is -0.0294. The standard InChI is InChI=1S/C7H16BNO5P/c1-3(15-9-8-12)6-4(10)5(11)7(13-2)14-6/h3-7,9-12,15H,1-2H3/t3-,4+,5-,6-,7?/m1/s1. The van der Waals surface area contributed by atoms with Crippen molar-refractivity contribution >= 4 is 16.3 Å². The minimum absolute atomic E-state index is 0.0294. The van der Waals surface area contributed by atoms with E-state index in [1.807, 2.05) is 6.92 Å². The van der Waals surface area contributed by atoms with Crippen LogP contribution < -0.4 is 5.00 Å². The second-order valence-electron chi connectivity index (χ2n) is 3.39. The van der Waals surface area contributed by atoms with Gasteiger partial charge in [0.1, 0.15) is 12.2 Å². The highest BCUT2D eigenvalue weighted by Crippen LogP contribution is 2.30. The third-order valence-corrected chi connectivity index (χ3v) is 3.44. The number of nitrogens with one attached hydrogen (secondary N) is 1. The van der Waals surface area contributed by atoms with Gasteiger partial charge in [-0.3, -0.25) is 0 Å². The fraction of sp³-hybridized carbons (Fsp3) is 1.00. The molecule has 6 nitrogen and oxygen atoms in total. The molecule has 6 atom stereocenters. The van der Waals surface area contributed by atoms with Gasteiger partial charge < -0.3 is 29.7 Å². The van der Waals surface area contributed by atoms with E-state index in [0.717, 1.165) is 7.62 Å². The molecule has 87 valence electrons. The predicted molar refractivity (Wildman–Crippen MR) is 56.6 cm³/mol. The van der Waals surface area contributed by atoms with Crippen molar-refractivity contribution in [3.8, 4) is 0 Å². The van der Waals surface area contributed by atoms with Gasteiger partial charge in [-0.1, -0.05) is 15.7 Å². The average Bonchev–Trinajstić information content (AvgIpc) is 2.52. The lowest BCUT2D eigenvalue weighted by Gasteiger charge is -2.21. The molecule has 0 amide bonds. The van der Waals surface area contributed by atoms with Crippen molar-refractivity contribution < 1.29 is 24.7 Å². The summed E-state index contributed by atoms with van der Waals surface area (Å²) < 4.78 is 10.2. The highest BCUT2D eigenvalue weighted by atomic mass is 31.1. The zero-order valence-electron chi connectivity index (χ0n) is 8.62. The molecule has 1 rings (SSSR count). The van der Waals surface area contributed by atoms with Crippen molar-refractivity contribution in [3.05, 3.63) is 0 Å². The van der Waals surface area contributed by atoms with Crippen LogP contribution >= 0.6 is 8.73 Å². The van der Waals surface area contributed by atoms with E-state index < -0.39 is 24.6 Å². The Morgan fingerprint density at radius 3 is 2.60 bits per heavy atom. The molecule has 0 aromatic heterocycles. The quantitative estimate of drug-likeness (QED) is 0.332. The number of ether oxygens (including phenoxy) is 2. The topological polar surface area (TPSA) is 91.2 Å². The van der Waals surface area contributed by atoms with E-state index in [-0.39, 0.29) is 14.4 Å². The first-order valence-corrected chi connectivity index (χ1v) is 5.71. The minimum atomic E-state index is -1.02. The molecule has 0 saturated carbocycles. The molecule has 1 heterocycles. The normalized spacial score (nSPS) is 38.7. The molecule has 0 bridgehead atoms. The summed E-state index contributed by atoms with van der Waals surface area (Å²) in [6.45, 7) is 1.85. The smallest absolute Gasteiger partial charge is 0.396 e. The Morgan fingerprint density at radius 2 is 2.13 bits per heavy atom. The Bertz CT molecular complexity index is 200. The molecule has 0 spiro atoms. The van der Waals surface area contributed by atoms with E-state index in [2.05, 4.69) is 5.00 Å². The lowest BCUT2D eigenvalue weighted by Crippen LogP contribution is -2.37. The second kappa shape index (κ2) is 6.10. The van der Waals surface area contributed by atoms with Crippen LogP contribution in [0, 0.1) is 0 Å². The van der Waals surface area contributed by atoms with Gasteiger partial charge in [0.2, 0.25) is 0 Å². The Labute approximate surface area is 91.1 Å².